The molecule has 3 aromatic carbocycles. The van der Waals surface area contributed by atoms with Gasteiger partial charge in [-0.15, -0.1) is 5.10 Å². The van der Waals surface area contributed by atoms with E-state index in [4.69, 9.17) is 4.74 Å². The minimum atomic E-state index is -0.171. The fraction of sp³-hybridized carbons (Fsp3) is 0.192. The van der Waals surface area contributed by atoms with Gasteiger partial charge in [0, 0.05) is 13.5 Å². The van der Waals surface area contributed by atoms with E-state index >= 15 is 0 Å². The molecule has 1 aromatic heterocycles. The molecule has 0 saturated heterocycles. The Morgan fingerprint density at radius 2 is 1.62 bits per heavy atom. The van der Waals surface area contributed by atoms with Crippen molar-refractivity contribution in [3.63, 3.8) is 0 Å². The largest absolute Gasteiger partial charge is 0.488 e. The molecule has 1 aliphatic heterocycles. The number of carbonyl (C=O) groups excluding carboxylic acids is 1. The third-order valence-corrected chi connectivity index (χ3v) is 5.76. The predicted molar refractivity (Wildman–Crippen MR) is 122 cm³/mol. The average Bonchev–Trinajstić information content (AvgIpc) is 3.47. The second kappa shape index (κ2) is 8.67. The highest BCUT2D eigenvalue weighted by Crippen LogP contribution is 2.29. The molecule has 4 aromatic rings. The van der Waals surface area contributed by atoms with Crippen molar-refractivity contribution in [2.75, 3.05) is 13.6 Å². The Labute approximate surface area is 187 Å². The van der Waals surface area contributed by atoms with Gasteiger partial charge in [0.2, 0.25) is 0 Å². The summed E-state index contributed by atoms with van der Waals surface area (Å²) in [5.74, 6) is 0.730. The Hall–Kier alpha value is -3.93. The van der Waals surface area contributed by atoms with Crippen molar-refractivity contribution in [3.8, 4) is 5.75 Å². The standard InChI is InChI=1S/C26H24N4O2/c1-29(17-22-16-21-14-8-9-15-24(21)32-22)26(31)23-18-30(28-27-23)25(19-10-4-2-5-11-19)20-12-6-3-7-13-20/h2-15,18,22,25H,16-17H2,1H3/t22-/m0/s1. The van der Waals surface area contributed by atoms with Gasteiger partial charge >= 0.3 is 0 Å². The Bertz CT molecular complexity index is 1140. The van der Waals surface area contributed by atoms with E-state index in [1.807, 2.05) is 54.6 Å². The van der Waals surface area contributed by atoms with E-state index in [0.717, 1.165) is 23.3 Å². The first-order valence-electron chi connectivity index (χ1n) is 10.7. The second-order valence-electron chi connectivity index (χ2n) is 8.05. The first-order valence-corrected chi connectivity index (χ1v) is 10.7. The summed E-state index contributed by atoms with van der Waals surface area (Å²) >= 11 is 0. The third kappa shape index (κ3) is 3.99. The normalized spacial score (nSPS) is 14.8. The number of nitrogens with zero attached hydrogens (tertiary/aromatic N) is 4. The van der Waals surface area contributed by atoms with Crippen molar-refractivity contribution in [2.24, 2.45) is 0 Å². The van der Waals surface area contributed by atoms with Gasteiger partial charge in [-0.25, -0.2) is 4.68 Å². The fourth-order valence-corrected chi connectivity index (χ4v) is 4.21. The molecule has 32 heavy (non-hydrogen) atoms. The molecule has 6 heteroatoms. The molecule has 2 heterocycles. The first-order chi connectivity index (χ1) is 15.7. The monoisotopic (exact) mass is 424 g/mol. The van der Waals surface area contributed by atoms with Crippen molar-refractivity contribution in [1.29, 1.82) is 0 Å². The molecule has 160 valence electrons. The maximum absolute atomic E-state index is 13.1. The molecule has 6 nitrogen and oxygen atoms in total. The van der Waals surface area contributed by atoms with Crippen LogP contribution in [0.15, 0.2) is 91.1 Å². The number of fused-ring (bicyclic) bond motifs is 1. The smallest absolute Gasteiger partial charge is 0.275 e. The van der Waals surface area contributed by atoms with Crippen LogP contribution >= 0.6 is 0 Å². The molecule has 0 spiro atoms. The maximum Gasteiger partial charge on any atom is 0.275 e. The zero-order valence-electron chi connectivity index (χ0n) is 17.8. The van der Waals surface area contributed by atoms with Crippen LogP contribution in [0.25, 0.3) is 0 Å². The van der Waals surface area contributed by atoms with Crippen molar-refractivity contribution >= 4 is 5.91 Å². The molecule has 0 fully saturated rings. The van der Waals surface area contributed by atoms with Gasteiger partial charge in [0.05, 0.1) is 12.7 Å². The van der Waals surface area contributed by atoms with E-state index in [0.29, 0.717) is 12.2 Å². The molecule has 0 radical (unpaired) electrons. The molecule has 1 aliphatic rings. The van der Waals surface area contributed by atoms with Crippen LogP contribution in [0, 0.1) is 0 Å². The maximum atomic E-state index is 13.1. The fourth-order valence-electron chi connectivity index (χ4n) is 4.21. The van der Waals surface area contributed by atoms with Crippen molar-refractivity contribution < 1.29 is 9.53 Å². The van der Waals surface area contributed by atoms with Crippen LogP contribution in [0.4, 0.5) is 0 Å². The number of ether oxygens (including phenoxy) is 1. The predicted octanol–water partition coefficient (Wildman–Crippen LogP) is 3.99. The third-order valence-electron chi connectivity index (χ3n) is 5.76. The first kappa shape index (κ1) is 20.0. The molecule has 0 saturated carbocycles. The van der Waals surface area contributed by atoms with Crippen molar-refractivity contribution in [2.45, 2.75) is 18.6 Å². The van der Waals surface area contributed by atoms with Crippen LogP contribution in [0.5, 0.6) is 5.75 Å². The summed E-state index contributed by atoms with van der Waals surface area (Å²) in [5, 5.41) is 8.53. The summed E-state index contributed by atoms with van der Waals surface area (Å²) in [6.45, 7) is 0.487. The average molecular weight is 425 g/mol. The van der Waals surface area contributed by atoms with Gasteiger partial charge in [0.25, 0.3) is 5.91 Å². The number of carbonyl (C=O) groups is 1. The highest BCUT2D eigenvalue weighted by molar-refractivity contribution is 5.91. The van der Waals surface area contributed by atoms with Crippen molar-refractivity contribution in [3.05, 3.63) is 114 Å². The number of aromatic nitrogens is 3. The lowest BCUT2D eigenvalue weighted by atomic mass is 9.99. The van der Waals surface area contributed by atoms with Crippen LogP contribution in [0.2, 0.25) is 0 Å². The van der Waals surface area contributed by atoms with Gasteiger partial charge in [-0.2, -0.15) is 0 Å². The highest BCUT2D eigenvalue weighted by atomic mass is 16.5. The van der Waals surface area contributed by atoms with Crippen LogP contribution in [0.3, 0.4) is 0 Å². The number of hydrogen-bond acceptors (Lipinski definition) is 4. The molecule has 1 atom stereocenters. The zero-order chi connectivity index (χ0) is 21.9. The highest BCUT2D eigenvalue weighted by Gasteiger charge is 2.27. The lowest BCUT2D eigenvalue weighted by Gasteiger charge is -2.20. The Kier molecular flexibility index (Phi) is 5.42. The van der Waals surface area contributed by atoms with Crippen molar-refractivity contribution in [1.82, 2.24) is 19.9 Å². The lowest BCUT2D eigenvalue weighted by Crippen LogP contribution is -2.36. The summed E-state index contributed by atoms with van der Waals surface area (Å²) in [5.41, 5.74) is 3.65. The Balaban J connectivity index is 1.34. The van der Waals surface area contributed by atoms with Crippen LogP contribution in [-0.4, -0.2) is 45.5 Å². The number of amides is 1. The SMILES string of the molecule is CN(C[C@@H]1Cc2ccccc2O1)C(=O)c1cn(C(c2ccccc2)c2ccccc2)nn1. The number of hydrogen-bond donors (Lipinski definition) is 0. The van der Waals surface area contributed by atoms with Gasteiger partial charge in [-0.1, -0.05) is 84.1 Å². The zero-order valence-corrected chi connectivity index (χ0v) is 17.8. The number of benzene rings is 3. The summed E-state index contributed by atoms with van der Waals surface area (Å²) in [7, 11) is 1.78. The molecule has 0 N–H and O–H groups in total. The van der Waals surface area contributed by atoms with Gasteiger partial charge in [0.1, 0.15) is 17.9 Å². The summed E-state index contributed by atoms with van der Waals surface area (Å²) in [6.07, 6.45) is 2.47. The van der Waals surface area contributed by atoms with Crippen LogP contribution in [-0.2, 0) is 6.42 Å². The molecule has 0 unspecified atom stereocenters. The quantitative estimate of drug-likeness (QED) is 0.470. The molecular weight excluding hydrogens is 400 g/mol. The van der Waals surface area contributed by atoms with E-state index in [2.05, 4.69) is 40.6 Å². The van der Waals surface area contributed by atoms with Gasteiger partial charge < -0.3 is 9.64 Å². The minimum absolute atomic E-state index is 0.0576. The van der Waals surface area contributed by atoms with Gasteiger partial charge in [-0.3, -0.25) is 4.79 Å². The summed E-state index contributed by atoms with van der Waals surface area (Å²) in [6, 6.07) is 28.1. The summed E-state index contributed by atoms with van der Waals surface area (Å²) < 4.78 is 7.75. The van der Waals surface area contributed by atoms with E-state index in [-0.39, 0.29) is 18.1 Å². The van der Waals surface area contributed by atoms with Crippen LogP contribution < -0.4 is 4.74 Å². The summed E-state index contributed by atoms with van der Waals surface area (Å²) in [4.78, 5) is 14.7. The number of para-hydroxylation sites is 1. The topological polar surface area (TPSA) is 60.2 Å². The molecule has 5 rings (SSSR count). The van der Waals surface area contributed by atoms with E-state index in [1.165, 1.54) is 5.56 Å². The minimum Gasteiger partial charge on any atom is -0.488 e. The number of rotatable bonds is 6. The van der Waals surface area contributed by atoms with E-state index in [1.54, 1.807) is 22.8 Å². The molecular formula is C26H24N4O2. The van der Waals surface area contributed by atoms with Crippen LogP contribution in [0.1, 0.15) is 33.2 Å². The lowest BCUT2D eigenvalue weighted by molar-refractivity contribution is 0.0724. The van der Waals surface area contributed by atoms with Gasteiger partial charge in [-0.05, 0) is 22.8 Å². The Morgan fingerprint density at radius 3 is 2.28 bits per heavy atom. The molecule has 0 aliphatic carbocycles. The van der Waals surface area contributed by atoms with Gasteiger partial charge in [0.15, 0.2) is 5.69 Å². The molecule has 0 bridgehead atoms. The second-order valence-corrected chi connectivity index (χ2v) is 8.05. The number of likely N-dealkylation sites (N-methyl/N-ethyl adjacent to an activating group) is 1. The van der Waals surface area contributed by atoms with E-state index < -0.39 is 0 Å². The Morgan fingerprint density at radius 1 is 1.00 bits per heavy atom. The van der Waals surface area contributed by atoms with E-state index in [9.17, 15) is 4.79 Å². The molecule has 1 amide bonds.